The smallest absolute Gasteiger partial charge is 0.227 e. The number of rotatable bonds is 3. The fourth-order valence-corrected chi connectivity index (χ4v) is 2.17. The monoisotopic (exact) mass is 317 g/mol. The van der Waals surface area contributed by atoms with Crippen LogP contribution in [0.1, 0.15) is 5.56 Å². The van der Waals surface area contributed by atoms with E-state index >= 15 is 0 Å². The molecule has 0 atom stereocenters. The van der Waals surface area contributed by atoms with Crippen LogP contribution in [-0.4, -0.2) is 19.7 Å². The van der Waals surface area contributed by atoms with E-state index in [2.05, 4.69) is 20.4 Å². The van der Waals surface area contributed by atoms with Gasteiger partial charge in [0.1, 0.15) is 5.82 Å². The maximum atomic E-state index is 13.6. The highest BCUT2D eigenvalue weighted by Gasteiger charge is 2.10. The molecule has 3 aromatic rings. The summed E-state index contributed by atoms with van der Waals surface area (Å²) in [5, 5.41) is 7.22. The van der Waals surface area contributed by atoms with Gasteiger partial charge in [0.15, 0.2) is 0 Å². The zero-order valence-electron chi connectivity index (χ0n) is 12.0. The van der Waals surface area contributed by atoms with Crippen LogP contribution in [0, 0.1) is 12.7 Å². The van der Waals surface area contributed by atoms with Gasteiger partial charge >= 0.3 is 0 Å². The summed E-state index contributed by atoms with van der Waals surface area (Å²) in [6.07, 6.45) is 5.17. The van der Waals surface area contributed by atoms with E-state index in [0.717, 1.165) is 11.3 Å². The van der Waals surface area contributed by atoms with E-state index in [4.69, 9.17) is 11.6 Å². The lowest BCUT2D eigenvalue weighted by atomic mass is 10.1. The van der Waals surface area contributed by atoms with Crippen molar-refractivity contribution in [3.8, 4) is 11.3 Å². The Hall–Kier alpha value is -2.47. The molecule has 5 nitrogen and oxygen atoms in total. The van der Waals surface area contributed by atoms with Gasteiger partial charge < -0.3 is 5.32 Å². The van der Waals surface area contributed by atoms with Gasteiger partial charge in [0, 0.05) is 25.0 Å². The van der Waals surface area contributed by atoms with E-state index in [1.807, 2.05) is 20.2 Å². The Morgan fingerprint density at radius 1 is 1.27 bits per heavy atom. The highest BCUT2D eigenvalue weighted by atomic mass is 35.5. The van der Waals surface area contributed by atoms with E-state index in [1.54, 1.807) is 23.1 Å². The van der Waals surface area contributed by atoms with Crippen molar-refractivity contribution in [2.45, 2.75) is 6.92 Å². The van der Waals surface area contributed by atoms with Gasteiger partial charge in [0.2, 0.25) is 5.95 Å². The van der Waals surface area contributed by atoms with E-state index in [0.29, 0.717) is 17.2 Å². The zero-order valence-corrected chi connectivity index (χ0v) is 12.8. The molecule has 3 rings (SSSR count). The van der Waals surface area contributed by atoms with Crippen LogP contribution >= 0.6 is 11.6 Å². The Kier molecular flexibility index (Phi) is 3.77. The van der Waals surface area contributed by atoms with Crippen molar-refractivity contribution in [1.29, 1.82) is 0 Å². The van der Waals surface area contributed by atoms with E-state index < -0.39 is 5.82 Å². The van der Waals surface area contributed by atoms with Gasteiger partial charge in [-0.25, -0.2) is 14.4 Å². The molecule has 0 saturated heterocycles. The van der Waals surface area contributed by atoms with E-state index in [1.165, 1.54) is 12.1 Å². The molecule has 0 spiro atoms. The lowest BCUT2D eigenvalue weighted by Crippen LogP contribution is -1.99. The van der Waals surface area contributed by atoms with Gasteiger partial charge in [-0.05, 0) is 24.6 Å². The number of nitrogens with one attached hydrogen (secondary N) is 1. The molecule has 0 bridgehead atoms. The van der Waals surface area contributed by atoms with Crippen LogP contribution in [0.3, 0.4) is 0 Å². The van der Waals surface area contributed by atoms with Crippen LogP contribution in [0.5, 0.6) is 0 Å². The third-order valence-corrected chi connectivity index (χ3v) is 3.43. The number of anilines is 2. The first-order chi connectivity index (χ1) is 10.5. The maximum Gasteiger partial charge on any atom is 0.227 e. The lowest BCUT2D eigenvalue weighted by molar-refractivity contribution is 0.628. The van der Waals surface area contributed by atoms with Gasteiger partial charge in [-0.1, -0.05) is 17.7 Å². The summed E-state index contributed by atoms with van der Waals surface area (Å²) in [6.45, 7) is 1.87. The van der Waals surface area contributed by atoms with Crippen LogP contribution in [0.4, 0.5) is 16.0 Å². The molecule has 0 saturated carbocycles. The average Bonchev–Trinajstić information content (AvgIpc) is 2.89. The number of halogens is 2. The summed E-state index contributed by atoms with van der Waals surface area (Å²) in [5.41, 5.74) is 2.92. The molecule has 1 aromatic carbocycles. The Morgan fingerprint density at radius 3 is 2.77 bits per heavy atom. The van der Waals surface area contributed by atoms with Gasteiger partial charge in [-0.2, -0.15) is 5.10 Å². The predicted molar refractivity (Wildman–Crippen MR) is 83.7 cm³/mol. The summed E-state index contributed by atoms with van der Waals surface area (Å²) in [7, 11) is 1.82. The third kappa shape index (κ3) is 2.92. The molecule has 7 heteroatoms. The summed E-state index contributed by atoms with van der Waals surface area (Å²) >= 11 is 5.72. The van der Waals surface area contributed by atoms with Crippen molar-refractivity contribution in [3.05, 3.63) is 53.2 Å². The van der Waals surface area contributed by atoms with Crippen LogP contribution in [0.2, 0.25) is 5.02 Å². The summed E-state index contributed by atoms with van der Waals surface area (Å²) in [6, 6.07) is 4.61. The molecule has 0 aliphatic heterocycles. The minimum absolute atomic E-state index is 0.0872. The summed E-state index contributed by atoms with van der Waals surface area (Å²) < 4.78 is 15.3. The normalized spacial score (nSPS) is 10.7. The molecular formula is C15H13ClFN5. The quantitative estimate of drug-likeness (QED) is 0.800. The molecule has 0 fully saturated rings. The van der Waals surface area contributed by atoms with Crippen LogP contribution in [0.15, 0.2) is 36.8 Å². The molecule has 2 heterocycles. The number of aromatic nitrogens is 4. The summed E-state index contributed by atoms with van der Waals surface area (Å²) in [5.74, 6) is -0.0529. The highest BCUT2D eigenvalue weighted by molar-refractivity contribution is 6.30. The van der Waals surface area contributed by atoms with Gasteiger partial charge in [0.05, 0.1) is 22.6 Å². The fourth-order valence-electron chi connectivity index (χ4n) is 2.05. The van der Waals surface area contributed by atoms with Gasteiger partial charge in [0.25, 0.3) is 0 Å². The first-order valence-corrected chi connectivity index (χ1v) is 6.95. The minimum atomic E-state index is -0.473. The predicted octanol–water partition coefficient (Wildman–Crippen LogP) is 3.72. The Bertz CT molecular complexity index is 831. The fraction of sp³-hybridized carbons (Fsp3) is 0.133. The minimum Gasteiger partial charge on any atom is -0.321 e. The molecule has 2 aromatic heterocycles. The Labute approximate surface area is 131 Å². The molecular weight excluding hydrogens is 305 g/mol. The van der Waals surface area contributed by atoms with Crippen molar-refractivity contribution in [2.24, 2.45) is 7.05 Å². The lowest BCUT2D eigenvalue weighted by Gasteiger charge is -2.08. The second kappa shape index (κ2) is 5.73. The second-order valence-corrected chi connectivity index (χ2v) is 5.29. The number of hydrogen-bond donors (Lipinski definition) is 1. The number of hydrogen-bond acceptors (Lipinski definition) is 4. The van der Waals surface area contributed by atoms with Crippen molar-refractivity contribution in [1.82, 2.24) is 19.7 Å². The molecule has 22 heavy (non-hydrogen) atoms. The van der Waals surface area contributed by atoms with Crippen LogP contribution in [0.25, 0.3) is 11.3 Å². The number of nitrogens with zero attached hydrogens (tertiary/aromatic N) is 4. The van der Waals surface area contributed by atoms with E-state index in [9.17, 15) is 4.39 Å². The topological polar surface area (TPSA) is 55.6 Å². The number of benzene rings is 1. The standard InChI is InChI=1S/C15H13ClFN5/c1-9-6-18-15(20-11-7-19-22(2)8-11)21-14(9)10-3-4-12(16)13(17)5-10/h3-8H,1-2H3,(H,18,20,21). The molecule has 112 valence electrons. The van der Waals surface area contributed by atoms with Crippen molar-refractivity contribution < 1.29 is 4.39 Å². The van der Waals surface area contributed by atoms with E-state index in [-0.39, 0.29) is 5.02 Å². The third-order valence-electron chi connectivity index (χ3n) is 3.13. The molecule has 0 amide bonds. The molecule has 0 aliphatic rings. The maximum absolute atomic E-state index is 13.6. The number of aryl methyl sites for hydroxylation is 2. The largest absolute Gasteiger partial charge is 0.321 e. The highest BCUT2D eigenvalue weighted by Crippen LogP contribution is 2.26. The molecule has 1 N–H and O–H groups in total. The molecule has 0 aliphatic carbocycles. The van der Waals surface area contributed by atoms with Crippen molar-refractivity contribution in [3.63, 3.8) is 0 Å². The Balaban J connectivity index is 1.97. The summed E-state index contributed by atoms with van der Waals surface area (Å²) in [4.78, 5) is 8.68. The SMILES string of the molecule is Cc1cnc(Nc2cnn(C)c2)nc1-c1ccc(Cl)c(F)c1. The second-order valence-electron chi connectivity index (χ2n) is 4.88. The molecule has 0 unspecified atom stereocenters. The van der Waals surface area contributed by atoms with Crippen molar-refractivity contribution in [2.75, 3.05) is 5.32 Å². The van der Waals surface area contributed by atoms with Crippen LogP contribution in [-0.2, 0) is 7.05 Å². The first-order valence-electron chi connectivity index (χ1n) is 6.57. The van der Waals surface area contributed by atoms with Crippen molar-refractivity contribution >= 4 is 23.2 Å². The van der Waals surface area contributed by atoms with Gasteiger partial charge in [-0.15, -0.1) is 0 Å². The first kappa shape index (κ1) is 14.5. The van der Waals surface area contributed by atoms with Gasteiger partial charge in [-0.3, -0.25) is 4.68 Å². The molecule has 0 radical (unpaired) electrons. The van der Waals surface area contributed by atoms with Crippen LogP contribution < -0.4 is 5.32 Å². The zero-order chi connectivity index (χ0) is 15.7. The Morgan fingerprint density at radius 2 is 2.09 bits per heavy atom. The average molecular weight is 318 g/mol.